The lowest BCUT2D eigenvalue weighted by molar-refractivity contribution is -0.124. The number of amides is 1. The monoisotopic (exact) mass is 233 g/mol. The van der Waals surface area contributed by atoms with Crippen LogP contribution in [0.15, 0.2) is 29.8 Å². The number of hydrogen-bond donors (Lipinski definition) is 0. The summed E-state index contributed by atoms with van der Waals surface area (Å²) in [6.45, 7) is 3.79. The van der Waals surface area contributed by atoms with Crippen LogP contribution in [0.4, 0.5) is 0 Å². The average Bonchev–Trinajstić information content (AvgIpc) is 2.36. The molecule has 0 N–H and O–H groups in total. The molecule has 1 amide bonds. The Kier molecular flexibility index (Phi) is 4.32. The number of methoxy groups -OCH3 is 1. The van der Waals surface area contributed by atoms with Crippen molar-refractivity contribution in [1.29, 1.82) is 0 Å². The Morgan fingerprint density at radius 1 is 1.24 bits per heavy atom. The van der Waals surface area contributed by atoms with Gasteiger partial charge in [0.15, 0.2) is 0 Å². The summed E-state index contributed by atoms with van der Waals surface area (Å²) >= 11 is 0. The molecule has 0 saturated heterocycles. The van der Waals surface area contributed by atoms with Crippen molar-refractivity contribution >= 4 is 11.5 Å². The SMILES string of the molecule is COc1cccc(/C(C)=C(\C)C(=O)N(C)C)c1. The number of likely N-dealkylation sites (N-methyl/N-ethyl adjacent to an activating group) is 1. The van der Waals surface area contributed by atoms with E-state index >= 15 is 0 Å². The van der Waals surface area contributed by atoms with E-state index in [1.54, 1.807) is 26.1 Å². The first-order chi connectivity index (χ1) is 7.97. The van der Waals surface area contributed by atoms with Crippen molar-refractivity contribution in [3.8, 4) is 5.75 Å². The van der Waals surface area contributed by atoms with Crippen LogP contribution >= 0.6 is 0 Å². The van der Waals surface area contributed by atoms with Crippen LogP contribution in [0.2, 0.25) is 0 Å². The highest BCUT2D eigenvalue weighted by Crippen LogP contribution is 2.22. The van der Waals surface area contributed by atoms with Gasteiger partial charge in [0.25, 0.3) is 0 Å². The highest BCUT2D eigenvalue weighted by Gasteiger charge is 2.11. The summed E-state index contributed by atoms with van der Waals surface area (Å²) in [6, 6.07) is 7.72. The van der Waals surface area contributed by atoms with Gasteiger partial charge in [-0.25, -0.2) is 0 Å². The first-order valence-corrected chi connectivity index (χ1v) is 5.51. The molecule has 0 bridgehead atoms. The van der Waals surface area contributed by atoms with Crippen LogP contribution in [0.25, 0.3) is 5.57 Å². The maximum atomic E-state index is 11.8. The summed E-state index contributed by atoms with van der Waals surface area (Å²) in [4.78, 5) is 13.4. The van der Waals surface area contributed by atoms with E-state index in [4.69, 9.17) is 4.74 Å². The molecule has 1 aromatic carbocycles. The quantitative estimate of drug-likeness (QED) is 0.751. The zero-order valence-corrected chi connectivity index (χ0v) is 11.1. The van der Waals surface area contributed by atoms with E-state index in [0.29, 0.717) is 0 Å². The van der Waals surface area contributed by atoms with Crippen molar-refractivity contribution in [1.82, 2.24) is 4.90 Å². The Morgan fingerprint density at radius 3 is 2.41 bits per heavy atom. The molecule has 0 aromatic heterocycles. The summed E-state index contributed by atoms with van der Waals surface area (Å²) in [5.74, 6) is 0.831. The molecule has 92 valence electrons. The van der Waals surface area contributed by atoms with Crippen molar-refractivity contribution in [3.05, 3.63) is 35.4 Å². The van der Waals surface area contributed by atoms with E-state index in [9.17, 15) is 4.79 Å². The Hall–Kier alpha value is -1.77. The van der Waals surface area contributed by atoms with Crippen molar-refractivity contribution in [2.75, 3.05) is 21.2 Å². The molecule has 17 heavy (non-hydrogen) atoms. The van der Waals surface area contributed by atoms with E-state index < -0.39 is 0 Å². The van der Waals surface area contributed by atoms with E-state index in [-0.39, 0.29) is 5.91 Å². The Labute approximate surface area is 103 Å². The number of rotatable bonds is 3. The fourth-order valence-electron chi connectivity index (χ4n) is 1.57. The topological polar surface area (TPSA) is 29.5 Å². The Balaban J connectivity index is 3.13. The van der Waals surface area contributed by atoms with Crippen LogP contribution in [-0.4, -0.2) is 32.0 Å². The van der Waals surface area contributed by atoms with Crippen LogP contribution in [-0.2, 0) is 4.79 Å². The third kappa shape index (κ3) is 3.09. The van der Waals surface area contributed by atoms with Gasteiger partial charge in [-0.3, -0.25) is 4.79 Å². The minimum absolute atomic E-state index is 0.0327. The molecule has 1 rings (SSSR count). The first kappa shape index (κ1) is 13.3. The second-order valence-corrected chi connectivity index (χ2v) is 4.18. The largest absolute Gasteiger partial charge is 0.497 e. The molecule has 0 aliphatic heterocycles. The Morgan fingerprint density at radius 2 is 1.88 bits per heavy atom. The zero-order chi connectivity index (χ0) is 13.0. The van der Waals surface area contributed by atoms with Crippen molar-refractivity contribution < 1.29 is 9.53 Å². The molecule has 0 heterocycles. The molecule has 0 saturated carbocycles. The first-order valence-electron chi connectivity index (χ1n) is 5.51. The molecule has 0 spiro atoms. The third-order valence-electron chi connectivity index (χ3n) is 2.79. The smallest absolute Gasteiger partial charge is 0.249 e. The predicted octanol–water partition coefficient (Wildman–Crippen LogP) is 2.58. The third-order valence-corrected chi connectivity index (χ3v) is 2.79. The minimum atomic E-state index is 0.0327. The molecule has 3 nitrogen and oxygen atoms in total. The molecule has 3 heteroatoms. The van der Waals surface area contributed by atoms with Gasteiger partial charge in [-0.1, -0.05) is 12.1 Å². The van der Waals surface area contributed by atoms with E-state index in [2.05, 4.69) is 0 Å². The van der Waals surface area contributed by atoms with E-state index in [1.807, 2.05) is 38.1 Å². The van der Waals surface area contributed by atoms with Crippen LogP contribution in [0.3, 0.4) is 0 Å². The van der Waals surface area contributed by atoms with Crippen molar-refractivity contribution in [2.45, 2.75) is 13.8 Å². The van der Waals surface area contributed by atoms with Gasteiger partial charge in [0.2, 0.25) is 5.91 Å². The summed E-state index contributed by atoms with van der Waals surface area (Å²) in [6.07, 6.45) is 0. The molecule has 0 radical (unpaired) electrons. The molecular formula is C14H19NO2. The lowest BCUT2D eigenvalue weighted by Gasteiger charge is -2.13. The summed E-state index contributed by atoms with van der Waals surface area (Å²) < 4.78 is 5.17. The second kappa shape index (κ2) is 5.53. The van der Waals surface area contributed by atoms with Crippen LogP contribution in [0.1, 0.15) is 19.4 Å². The summed E-state index contributed by atoms with van der Waals surface area (Å²) in [7, 11) is 5.14. The van der Waals surface area contributed by atoms with Gasteiger partial charge < -0.3 is 9.64 Å². The van der Waals surface area contributed by atoms with Crippen molar-refractivity contribution in [2.24, 2.45) is 0 Å². The van der Waals surface area contributed by atoms with Gasteiger partial charge >= 0.3 is 0 Å². The predicted molar refractivity (Wildman–Crippen MR) is 70.0 cm³/mol. The lowest BCUT2D eigenvalue weighted by Crippen LogP contribution is -2.22. The number of nitrogens with zero attached hydrogens (tertiary/aromatic N) is 1. The van der Waals surface area contributed by atoms with Gasteiger partial charge in [0, 0.05) is 19.7 Å². The van der Waals surface area contributed by atoms with Gasteiger partial charge in [-0.2, -0.15) is 0 Å². The molecule has 0 aliphatic rings. The van der Waals surface area contributed by atoms with E-state index in [1.165, 1.54) is 0 Å². The highest BCUT2D eigenvalue weighted by atomic mass is 16.5. The van der Waals surface area contributed by atoms with Crippen LogP contribution < -0.4 is 4.74 Å². The summed E-state index contributed by atoms with van der Waals surface area (Å²) in [5, 5.41) is 0. The summed E-state index contributed by atoms with van der Waals surface area (Å²) in [5.41, 5.74) is 2.74. The average molecular weight is 233 g/mol. The fourth-order valence-corrected chi connectivity index (χ4v) is 1.57. The molecule has 0 aliphatic carbocycles. The molecule has 0 fully saturated rings. The number of benzene rings is 1. The highest BCUT2D eigenvalue weighted by molar-refractivity contribution is 6.00. The van der Waals surface area contributed by atoms with Crippen molar-refractivity contribution in [3.63, 3.8) is 0 Å². The fraction of sp³-hybridized carbons (Fsp3) is 0.357. The van der Waals surface area contributed by atoms with Crippen LogP contribution in [0, 0.1) is 0 Å². The minimum Gasteiger partial charge on any atom is -0.497 e. The lowest BCUT2D eigenvalue weighted by atomic mass is 10.0. The van der Waals surface area contributed by atoms with Gasteiger partial charge in [-0.05, 0) is 37.1 Å². The van der Waals surface area contributed by atoms with Gasteiger partial charge in [0.05, 0.1) is 7.11 Å². The standard InChI is InChI=1S/C14H19NO2/c1-10(11(2)14(16)15(3)4)12-7-6-8-13(9-12)17-5/h6-9H,1-5H3/b11-10+. The number of carbonyl (C=O) groups is 1. The number of hydrogen-bond acceptors (Lipinski definition) is 2. The molecule has 0 atom stereocenters. The number of allylic oxidation sites excluding steroid dienone is 1. The maximum absolute atomic E-state index is 11.8. The van der Waals surface area contributed by atoms with E-state index in [0.717, 1.165) is 22.5 Å². The number of carbonyl (C=O) groups excluding carboxylic acids is 1. The molecule has 1 aromatic rings. The molecular weight excluding hydrogens is 214 g/mol. The maximum Gasteiger partial charge on any atom is 0.249 e. The van der Waals surface area contributed by atoms with Gasteiger partial charge in [-0.15, -0.1) is 0 Å². The number of ether oxygens (including phenoxy) is 1. The second-order valence-electron chi connectivity index (χ2n) is 4.18. The van der Waals surface area contributed by atoms with Crippen LogP contribution in [0.5, 0.6) is 5.75 Å². The zero-order valence-electron chi connectivity index (χ0n) is 11.1. The Bertz CT molecular complexity index is 447. The normalized spacial score (nSPS) is 11.8. The molecule has 0 unspecified atom stereocenters. The van der Waals surface area contributed by atoms with Gasteiger partial charge in [0.1, 0.15) is 5.75 Å².